The van der Waals surface area contributed by atoms with Gasteiger partial charge in [0.1, 0.15) is 5.82 Å². The number of carbonyl (C=O) groups is 1. The van der Waals surface area contributed by atoms with Crippen LogP contribution in [-0.2, 0) is 6.42 Å². The number of anilines is 1. The number of fused-ring (bicyclic) bond motifs is 1. The highest BCUT2D eigenvalue weighted by Crippen LogP contribution is 2.37. The summed E-state index contributed by atoms with van der Waals surface area (Å²) in [5.74, 6) is -1.05. The van der Waals surface area contributed by atoms with E-state index in [1.807, 2.05) is 6.07 Å². The van der Waals surface area contributed by atoms with Crippen LogP contribution in [0, 0.1) is 5.82 Å². The van der Waals surface area contributed by atoms with Crippen molar-refractivity contribution in [2.75, 3.05) is 19.8 Å². The summed E-state index contributed by atoms with van der Waals surface area (Å²) in [5.41, 5.74) is 11.6. The highest BCUT2D eigenvalue weighted by Gasteiger charge is 2.23. The van der Waals surface area contributed by atoms with Gasteiger partial charge in [-0.25, -0.2) is 4.39 Å². The maximum absolute atomic E-state index is 15.1. The number of benzene rings is 1. The molecule has 0 saturated carbocycles. The second kappa shape index (κ2) is 6.31. The van der Waals surface area contributed by atoms with Gasteiger partial charge in [0.2, 0.25) is 0 Å². The molecule has 0 radical (unpaired) electrons. The third-order valence-corrected chi connectivity index (χ3v) is 4.70. The van der Waals surface area contributed by atoms with Gasteiger partial charge in [0.15, 0.2) is 0 Å². The van der Waals surface area contributed by atoms with Gasteiger partial charge in [-0.05, 0) is 37.1 Å². The Kier molecular flexibility index (Phi) is 4.33. The molecule has 1 heterocycles. The largest absolute Gasteiger partial charge is 0.398 e. The number of hydrogen-bond acceptors (Lipinski definition) is 3. The number of rotatable bonds is 3. The normalized spacial score (nSPS) is 13.2. The van der Waals surface area contributed by atoms with E-state index in [4.69, 9.17) is 5.73 Å². The van der Waals surface area contributed by atoms with Crippen molar-refractivity contribution < 1.29 is 9.18 Å². The maximum atomic E-state index is 15.1. The van der Waals surface area contributed by atoms with E-state index >= 15 is 4.39 Å². The van der Waals surface area contributed by atoms with Crippen molar-refractivity contribution in [3.05, 3.63) is 52.6 Å². The van der Waals surface area contributed by atoms with Gasteiger partial charge in [0, 0.05) is 49.1 Å². The molecular weight excluding hydrogens is 317 g/mol. The fourth-order valence-electron chi connectivity index (χ4n) is 3.38. The molecule has 2 aromatic rings. The Bertz CT molecular complexity index is 900. The van der Waals surface area contributed by atoms with Crippen molar-refractivity contribution in [3.8, 4) is 11.1 Å². The predicted octanol–water partition coefficient (Wildman–Crippen LogP) is 3.91. The molecule has 4 nitrogen and oxygen atoms in total. The number of pyridine rings is 1. The molecule has 0 bridgehead atoms. The molecule has 1 aromatic heterocycles. The Balaban J connectivity index is 2.15. The Hall–Kier alpha value is -2.69. The van der Waals surface area contributed by atoms with Gasteiger partial charge >= 0.3 is 0 Å². The minimum Gasteiger partial charge on any atom is -0.398 e. The number of aromatic nitrogens is 1. The van der Waals surface area contributed by atoms with Crippen LogP contribution in [-0.4, -0.2) is 29.9 Å². The lowest BCUT2D eigenvalue weighted by Crippen LogP contribution is -2.24. The van der Waals surface area contributed by atoms with Crippen molar-refractivity contribution >= 4 is 17.2 Å². The van der Waals surface area contributed by atoms with Crippen molar-refractivity contribution in [3.63, 3.8) is 0 Å². The first-order valence-electron chi connectivity index (χ1n) is 8.33. The van der Waals surface area contributed by atoms with Gasteiger partial charge < -0.3 is 10.6 Å². The predicted molar refractivity (Wildman–Crippen MR) is 98.6 cm³/mol. The van der Waals surface area contributed by atoms with Crippen molar-refractivity contribution in [2.45, 2.75) is 26.7 Å². The fourth-order valence-corrected chi connectivity index (χ4v) is 3.38. The van der Waals surface area contributed by atoms with Gasteiger partial charge in [-0.3, -0.25) is 9.78 Å². The summed E-state index contributed by atoms with van der Waals surface area (Å²) in [6.45, 7) is 4.22. The first kappa shape index (κ1) is 17.1. The zero-order valence-electron chi connectivity index (χ0n) is 15.0. The molecule has 1 aromatic carbocycles. The van der Waals surface area contributed by atoms with Crippen LogP contribution in [0.4, 0.5) is 10.1 Å². The standard InChI is InChI=1S/C20H22FN3O/c1-5-13-11(2)8-17-15(13)9-12(10-23-17)14-6-7-16(22)18(19(14)21)20(25)24(3)4/h6-7,9-10H,5,8,22H2,1-4H3. The first-order chi connectivity index (χ1) is 11.8. The number of nitrogen functional groups attached to an aromatic ring is 1. The molecule has 0 atom stereocenters. The molecule has 0 saturated heterocycles. The molecule has 0 unspecified atom stereocenters. The highest BCUT2D eigenvalue weighted by molar-refractivity contribution is 6.00. The molecule has 25 heavy (non-hydrogen) atoms. The summed E-state index contributed by atoms with van der Waals surface area (Å²) in [5, 5.41) is 0. The van der Waals surface area contributed by atoms with Gasteiger partial charge in [-0.1, -0.05) is 12.5 Å². The first-order valence-corrected chi connectivity index (χ1v) is 8.33. The van der Waals surface area contributed by atoms with Crippen LogP contribution < -0.4 is 5.73 Å². The average Bonchev–Trinajstić information content (AvgIpc) is 2.88. The van der Waals surface area contributed by atoms with E-state index in [0.29, 0.717) is 11.1 Å². The monoisotopic (exact) mass is 339 g/mol. The quantitative estimate of drug-likeness (QED) is 0.863. The fraction of sp³-hybridized carbons (Fsp3) is 0.300. The summed E-state index contributed by atoms with van der Waals surface area (Å²) < 4.78 is 15.1. The number of halogens is 1. The molecule has 0 aliphatic heterocycles. The molecule has 3 rings (SSSR count). The van der Waals surface area contributed by atoms with Gasteiger partial charge in [0.25, 0.3) is 5.91 Å². The maximum Gasteiger partial charge on any atom is 0.258 e. The van der Waals surface area contributed by atoms with Gasteiger partial charge in [-0.2, -0.15) is 0 Å². The number of amides is 1. The molecule has 130 valence electrons. The van der Waals surface area contributed by atoms with E-state index < -0.39 is 11.7 Å². The minimum atomic E-state index is -0.600. The lowest BCUT2D eigenvalue weighted by Gasteiger charge is -2.15. The molecule has 0 spiro atoms. The van der Waals surface area contributed by atoms with E-state index in [-0.39, 0.29) is 11.3 Å². The highest BCUT2D eigenvalue weighted by atomic mass is 19.1. The lowest BCUT2D eigenvalue weighted by molar-refractivity contribution is 0.0824. The van der Waals surface area contributed by atoms with E-state index in [9.17, 15) is 4.79 Å². The van der Waals surface area contributed by atoms with E-state index in [1.165, 1.54) is 16.0 Å². The van der Waals surface area contributed by atoms with Crippen LogP contribution in [0.2, 0.25) is 0 Å². The van der Waals surface area contributed by atoms with E-state index in [2.05, 4.69) is 18.8 Å². The molecule has 0 fully saturated rings. The molecule has 1 amide bonds. The summed E-state index contributed by atoms with van der Waals surface area (Å²) in [7, 11) is 3.15. The topological polar surface area (TPSA) is 59.2 Å². The van der Waals surface area contributed by atoms with E-state index in [0.717, 1.165) is 24.1 Å². The van der Waals surface area contributed by atoms with Crippen LogP contribution >= 0.6 is 0 Å². The third kappa shape index (κ3) is 2.80. The van der Waals surface area contributed by atoms with Crippen LogP contribution in [0.15, 0.2) is 30.0 Å². The molecular formula is C20H22FN3O. The van der Waals surface area contributed by atoms with Crippen molar-refractivity contribution in [1.29, 1.82) is 0 Å². The minimum absolute atomic E-state index is 0.0922. The van der Waals surface area contributed by atoms with Crippen LogP contribution in [0.1, 0.15) is 41.9 Å². The Morgan fingerprint density at radius 1 is 1.32 bits per heavy atom. The zero-order chi connectivity index (χ0) is 18.3. The van der Waals surface area contributed by atoms with E-state index in [1.54, 1.807) is 32.4 Å². The summed E-state index contributed by atoms with van der Waals surface area (Å²) in [6, 6.07) is 5.15. The van der Waals surface area contributed by atoms with Gasteiger partial charge in [0.05, 0.1) is 11.3 Å². The number of carbonyl (C=O) groups excluding carboxylic acids is 1. The third-order valence-electron chi connectivity index (χ3n) is 4.70. The van der Waals surface area contributed by atoms with Crippen molar-refractivity contribution in [1.82, 2.24) is 9.88 Å². The Morgan fingerprint density at radius 3 is 2.68 bits per heavy atom. The molecule has 1 aliphatic carbocycles. The number of nitrogens with two attached hydrogens (primary N) is 1. The summed E-state index contributed by atoms with van der Waals surface area (Å²) in [6.07, 6.45) is 3.43. The second-order valence-electron chi connectivity index (χ2n) is 6.60. The SMILES string of the molecule is CCC1=C(C)Cc2ncc(-c3ccc(N)c(C(=O)N(C)C)c3F)cc21. The number of hydrogen-bond donors (Lipinski definition) is 1. The summed E-state index contributed by atoms with van der Waals surface area (Å²) in [4.78, 5) is 18.1. The molecule has 5 heteroatoms. The van der Waals surface area contributed by atoms with Crippen LogP contribution in [0.5, 0.6) is 0 Å². The second-order valence-corrected chi connectivity index (χ2v) is 6.60. The van der Waals surface area contributed by atoms with Crippen LogP contribution in [0.3, 0.4) is 0 Å². The zero-order valence-corrected chi connectivity index (χ0v) is 15.0. The van der Waals surface area contributed by atoms with Gasteiger partial charge in [-0.15, -0.1) is 0 Å². The number of nitrogens with zero attached hydrogens (tertiary/aromatic N) is 2. The smallest absolute Gasteiger partial charge is 0.258 e. The van der Waals surface area contributed by atoms with Crippen molar-refractivity contribution in [2.24, 2.45) is 0 Å². The summed E-state index contributed by atoms with van der Waals surface area (Å²) >= 11 is 0. The average molecular weight is 339 g/mol. The Labute approximate surface area is 147 Å². The number of allylic oxidation sites excluding steroid dienone is 2. The van der Waals surface area contributed by atoms with Crippen LogP contribution in [0.25, 0.3) is 16.7 Å². The lowest BCUT2D eigenvalue weighted by atomic mass is 9.98. The Morgan fingerprint density at radius 2 is 2.04 bits per heavy atom. The molecule has 2 N–H and O–H groups in total. The molecule has 1 aliphatic rings.